The lowest BCUT2D eigenvalue weighted by Gasteiger charge is -2.42. The van der Waals surface area contributed by atoms with Gasteiger partial charge in [0.25, 0.3) is 0 Å². The Labute approximate surface area is 195 Å². The first-order chi connectivity index (χ1) is 16.2. The molecule has 0 radical (unpaired) electrons. The molecular weight excluding hydrogens is 408 g/mol. The summed E-state index contributed by atoms with van der Waals surface area (Å²) in [7, 11) is 1.69. The lowest BCUT2D eigenvalue weighted by atomic mass is 9.66. The Morgan fingerprint density at radius 1 is 0.818 bits per heavy atom. The van der Waals surface area contributed by atoms with Crippen LogP contribution in [0.4, 0.5) is 0 Å². The van der Waals surface area contributed by atoms with Crippen LogP contribution < -0.4 is 9.47 Å². The molecule has 0 bridgehead atoms. The second-order valence-electron chi connectivity index (χ2n) is 8.63. The van der Waals surface area contributed by atoms with Gasteiger partial charge in [-0.2, -0.15) is 0 Å². The molecule has 0 aromatic heterocycles. The van der Waals surface area contributed by atoms with Crippen LogP contribution in [0.15, 0.2) is 103 Å². The van der Waals surface area contributed by atoms with E-state index in [4.69, 9.17) is 9.47 Å². The zero-order chi connectivity index (χ0) is 22.7. The lowest BCUT2D eigenvalue weighted by molar-refractivity contribution is 0.00436. The summed E-state index contributed by atoms with van der Waals surface area (Å²) in [5.41, 5.74) is 4.53. The van der Waals surface area contributed by atoms with Crippen LogP contribution in [0.2, 0.25) is 0 Å². The molecule has 0 aliphatic heterocycles. The number of aliphatic hydroxyl groups is 1. The van der Waals surface area contributed by atoms with Crippen molar-refractivity contribution in [1.82, 2.24) is 0 Å². The largest absolute Gasteiger partial charge is 0.497 e. The van der Waals surface area contributed by atoms with Crippen LogP contribution in [0.25, 0.3) is 0 Å². The number of fused-ring (bicyclic) bond motifs is 1. The van der Waals surface area contributed by atoms with E-state index in [0.717, 1.165) is 40.2 Å². The first kappa shape index (κ1) is 21.3. The molecule has 3 nitrogen and oxygen atoms in total. The maximum Gasteiger partial charge on any atom is 0.119 e. The summed E-state index contributed by atoms with van der Waals surface area (Å²) in [6.07, 6.45) is 1.45. The summed E-state index contributed by atoms with van der Waals surface area (Å²) < 4.78 is 11.4. The highest BCUT2D eigenvalue weighted by Crippen LogP contribution is 2.50. The molecule has 1 N–H and O–H groups in total. The predicted molar refractivity (Wildman–Crippen MR) is 131 cm³/mol. The third-order valence-corrected chi connectivity index (χ3v) is 6.65. The Balaban J connectivity index is 1.50. The fourth-order valence-corrected chi connectivity index (χ4v) is 4.92. The molecule has 2 unspecified atom stereocenters. The van der Waals surface area contributed by atoms with Crippen LogP contribution in [-0.4, -0.2) is 12.2 Å². The molecule has 3 heteroatoms. The van der Waals surface area contributed by atoms with Crippen LogP contribution in [0.3, 0.4) is 0 Å². The minimum Gasteiger partial charge on any atom is -0.497 e. The Morgan fingerprint density at radius 2 is 1.48 bits per heavy atom. The van der Waals surface area contributed by atoms with E-state index < -0.39 is 5.60 Å². The van der Waals surface area contributed by atoms with Crippen LogP contribution in [0.5, 0.6) is 11.5 Å². The summed E-state index contributed by atoms with van der Waals surface area (Å²) in [6.45, 7) is 0.528. The minimum absolute atomic E-state index is 0.183. The monoisotopic (exact) mass is 436 g/mol. The highest BCUT2D eigenvalue weighted by molar-refractivity contribution is 5.49. The van der Waals surface area contributed by atoms with Crippen molar-refractivity contribution >= 4 is 0 Å². The average Bonchev–Trinajstić information content (AvgIpc) is 2.89. The van der Waals surface area contributed by atoms with Gasteiger partial charge in [-0.15, -0.1) is 0 Å². The van der Waals surface area contributed by atoms with Gasteiger partial charge in [0.2, 0.25) is 0 Å². The van der Waals surface area contributed by atoms with Crippen LogP contribution in [-0.2, 0) is 18.6 Å². The van der Waals surface area contributed by atoms with E-state index in [1.165, 1.54) is 5.56 Å². The molecule has 0 saturated heterocycles. The summed E-state index contributed by atoms with van der Waals surface area (Å²) in [5.74, 6) is 1.48. The van der Waals surface area contributed by atoms with E-state index in [-0.39, 0.29) is 5.92 Å². The van der Waals surface area contributed by atoms with Gasteiger partial charge < -0.3 is 14.6 Å². The van der Waals surface area contributed by atoms with Gasteiger partial charge in [-0.25, -0.2) is 0 Å². The van der Waals surface area contributed by atoms with Gasteiger partial charge in [-0.05, 0) is 64.9 Å². The molecular formula is C30H28O3. The quantitative estimate of drug-likeness (QED) is 0.389. The lowest BCUT2D eigenvalue weighted by Crippen LogP contribution is -2.38. The average molecular weight is 437 g/mol. The van der Waals surface area contributed by atoms with Crippen molar-refractivity contribution in [2.75, 3.05) is 7.11 Å². The second kappa shape index (κ2) is 9.13. The summed E-state index contributed by atoms with van der Waals surface area (Å²) in [6, 6.07) is 34.5. The van der Waals surface area contributed by atoms with Crippen LogP contribution >= 0.6 is 0 Å². The normalized spacial score (nSPS) is 19.5. The van der Waals surface area contributed by atoms with Gasteiger partial charge in [0, 0.05) is 5.92 Å². The Hall–Kier alpha value is -3.56. The van der Waals surface area contributed by atoms with Gasteiger partial charge in [-0.1, -0.05) is 78.9 Å². The van der Waals surface area contributed by atoms with E-state index in [0.29, 0.717) is 13.0 Å². The van der Waals surface area contributed by atoms with Crippen molar-refractivity contribution in [2.45, 2.75) is 31.0 Å². The van der Waals surface area contributed by atoms with Crippen molar-refractivity contribution in [1.29, 1.82) is 0 Å². The fourth-order valence-electron chi connectivity index (χ4n) is 4.92. The number of benzene rings is 4. The van der Waals surface area contributed by atoms with E-state index in [9.17, 15) is 5.11 Å². The standard InChI is InChI=1S/C30H28O3/c1-32-27-16-17-28-24(20-27)18-19-30(31,25-10-6-3-7-11-25)29(28)23-12-14-26(15-13-23)33-21-22-8-4-2-5-9-22/h2-17,20,29,31H,18-19,21H2,1H3. The molecule has 5 rings (SSSR count). The van der Waals surface area contributed by atoms with Gasteiger partial charge in [0.15, 0.2) is 0 Å². The van der Waals surface area contributed by atoms with E-state index in [1.807, 2.05) is 66.7 Å². The number of hydrogen-bond donors (Lipinski definition) is 1. The highest BCUT2D eigenvalue weighted by Gasteiger charge is 2.44. The molecule has 0 saturated carbocycles. The molecule has 4 aromatic rings. The number of ether oxygens (including phenoxy) is 2. The Kier molecular flexibility index (Phi) is 5.89. The zero-order valence-electron chi connectivity index (χ0n) is 18.8. The van der Waals surface area contributed by atoms with Gasteiger partial charge >= 0.3 is 0 Å². The number of methoxy groups -OCH3 is 1. The maximum absolute atomic E-state index is 12.1. The summed E-state index contributed by atoms with van der Waals surface area (Å²) in [4.78, 5) is 0. The molecule has 0 amide bonds. The molecule has 1 aliphatic carbocycles. The summed E-state index contributed by atoms with van der Waals surface area (Å²) in [5, 5.41) is 12.1. The van der Waals surface area contributed by atoms with Gasteiger partial charge in [0.1, 0.15) is 23.7 Å². The van der Waals surface area contributed by atoms with E-state index in [2.05, 4.69) is 36.4 Å². The molecule has 1 aliphatic rings. The smallest absolute Gasteiger partial charge is 0.119 e. The molecule has 33 heavy (non-hydrogen) atoms. The topological polar surface area (TPSA) is 38.7 Å². The van der Waals surface area contributed by atoms with Gasteiger partial charge in [-0.3, -0.25) is 0 Å². The van der Waals surface area contributed by atoms with Crippen molar-refractivity contribution in [3.8, 4) is 11.5 Å². The number of aryl methyl sites for hydroxylation is 1. The molecule has 166 valence electrons. The van der Waals surface area contributed by atoms with Crippen LogP contribution in [0, 0.1) is 0 Å². The number of hydrogen-bond acceptors (Lipinski definition) is 3. The van der Waals surface area contributed by atoms with Crippen molar-refractivity contribution in [2.24, 2.45) is 0 Å². The third-order valence-electron chi connectivity index (χ3n) is 6.65. The van der Waals surface area contributed by atoms with Crippen molar-refractivity contribution in [3.05, 3.63) is 131 Å². The number of rotatable bonds is 6. The highest BCUT2D eigenvalue weighted by atomic mass is 16.5. The molecule has 0 spiro atoms. The predicted octanol–water partition coefficient (Wildman–Crippen LogP) is 6.24. The molecule has 0 heterocycles. The Morgan fingerprint density at radius 3 is 2.18 bits per heavy atom. The van der Waals surface area contributed by atoms with E-state index in [1.54, 1.807) is 7.11 Å². The third kappa shape index (κ3) is 4.24. The van der Waals surface area contributed by atoms with Gasteiger partial charge in [0.05, 0.1) is 7.11 Å². The maximum atomic E-state index is 12.1. The van der Waals surface area contributed by atoms with Crippen molar-refractivity contribution < 1.29 is 14.6 Å². The van der Waals surface area contributed by atoms with Crippen molar-refractivity contribution in [3.63, 3.8) is 0 Å². The SMILES string of the molecule is COc1ccc2c(c1)CCC(O)(c1ccccc1)C2c1ccc(OCc2ccccc2)cc1. The molecule has 4 aromatic carbocycles. The molecule has 2 atom stereocenters. The van der Waals surface area contributed by atoms with Crippen LogP contribution in [0.1, 0.15) is 40.2 Å². The fraction of sp³-hybridized carbons (Fsp3) is 0.200. The first-order valence-electron chi connectivity index (χ1n) is 11.4. The zero-order valence-corrected chi connectivity index (χ0v) is 18.8. The van der Waals surface area contributed by atoms with E-state index >= 15 is 0 Å². The second-order valence-corrected chi connectivity index (χ2v) is 8.63. The molecule has 0 fully saturated rings. The Bertz CT molecular complexity index is 1200. The first-order valence-corrected chi connectivity index (χ1v) is 11.4. The summed E-state index contributed by atoms with van der Waals surface area (Å²) >= 11 is 0. The minimum atomic E-state index is -0.991.